The number of nitrogens with zero attached hydrogens (tertiary/aromatic N) is 2. The molecule has 2 aliphatic rings. The number of carbonyl (C=O) groups is 4. The molecule has 0 bridgehead atoms. The van der Waals surface area contributed by atoms with Gasteiger partial charge in [0.05, 0.1) is 0 Å². The molecule has 7 nitrogen and oxygen atoms in total. The van der Waals surface area contributed by atoms with Crippen LogP contribution in [0.4, 0.5) is 0 Å². The third-order valence-corrected chi connectivity index (χ3v) is 4.35. The SMILES string of the molecule is CC(C)NC(=O)C1CCN(C(=O)CCN2C(=O)CCC2=O)CC1. The van der Waals surface area contributed by atoms with Gasteiger partial charge in [0, 0.05) is 50.9 Å². The summed E-state index contributed by atoms with van der Waals surface area (Å²) in [6, 6.07) is 0.123. The zero-order chi connectivity index (χ0) is 17.0. The van der Waals surface area contributed by atoms with Crippen molar-refractivity contribution in [3.8, 4) is 0 Å². The van der Waals surface area contributed by atoms with Crippen molar-refractivity contribution in [2.75, 3.05) is 19.6 Å². The second-order valence-corrected chi connectivity index (χ2v) is 6.51. The first-order valence-corrected chi connectivity index (χ1v) is 8.30. The van der Waals surface area contributed by atoms with E-state index in [0.717, 1.165) is 0 Å². The van der Waals surface area contributed by atoms with Crippen LogP contribution in [0.1, 0.15) is 46.0 Å². The smallest absolute Gasteiger partial charge is 0.229 e. The summed E-state index contributed by atoms with van der Waals surface area (Å²) in [5, 5.41) is 2.90. The van der Waals surface area contributed by atoms with Crippen molar-refractivity contribution >= 4 is 23.6 Å². The average Bonchev–Trinajstić information content (AvgIpc) is 2.83. The van der Waals surface area contributed by atoms with Crippen molar-refractivity contribution in [3.63, 3.8) is 0 Å². The monoisotopic (exact) mass is 323 g/mol. The highest BCUT2D eigenvalue weighted by Gasteiger charge is 2.31. The van der Waals surface area contributed by atoms with Gasteiger partial charge in [0.1, 0.15) is 0 Å². The Bertz CT molecular complexity index is 480. The third kappa shape index (κ3) is 4.53. The normalized spacial score (nSPS) is 19.6. The maximum absolute atomic E-state index is 12.2. The van der Waals surface area contributed by atoms with Gasteiger partial charge in [-0.05, 0) is 26.7 Å². The van der Waals surface area contributed by atoms with E-state index in [0.29, 0.717) is 25.9 Å². The van der Waals surface area contributed by atoms with Crippen LogP contribution >= 0.6 is 0 Å². The summed E-state index contributed by atoms with van der Waals surface area (Å²) in [5.41, 5.74) is 0. The molecule has 2 fully saturated rings. The molecule has 0 aliphatic carbocycles. The van der Waals surface area contributed by atoms with E-state index in [1.807, 2.05) is 13.8 Å². The van der Waals surface area contributed by atoms with Crippen LogP contribution in [0.15, 0.2) is 0 Å². The first-order valence-electron chi connectivity index (χ1n) is 8.30. The van der Waals surface area contributed by atoms with Gasteiger partial charge < -0.3 is 10.2 Å². The van der Waals surface area contributed by atoms with E-state index in [4.69, 9.17) is 0 Å². The number of piperidine rings is 1. The van der Waals surface area contributed by atoms with Crippen LogP contribution < -0.4 is 5.32 Å². The lowest BCUT2D eigenvalue weighted by Crippen LogP contribution is -2.45. The lowest BCUT2D eigenvalue weighted by atomic mass is 9.95. The lowest BCUT2D eigenvalue weighted by molar-refractivity contribution is -0.140. The molecule has 128 valence electrons. The fourth-order valence-corrected chi connectivity index (χ4v) is 3.03. The van der Waals surface area contributed by atoms with Crippen LogP contribution in [-0.4, -0.2) is 59.1 Å². The van der Waals surface area contributed by atoms with E-state index in [1.54, 1.807) is 4.90 Å². The Morgan fingerprint density at radius 2 is 1.70 bits per heavy atom. The zero-order valence-corrected chi connectivity index (χ0v) is 13.8. The van der Waals surface area contributed by atoms with Crippen LogP contribution in [0.2, 0.25) is 0 Å². The first kappa shape index (κ1) is 17.4. The molecule has 2 rings (SSSR count). The van der Waals surface area contributed by atoms with E-state index in [2.05, 4.69) is 5.32 Å². The quantitative estimate of drug-likeness (QED) is 0.737. The summed E-state index contributed by atoms with van der Waals surface area (Å²) in [4.78, 5) is 50.1. The number of carbonyl (C=O) groups excluding carboxylic acids is 4. The summed E-state index contributed by atoms with van der Waals surface area (Å²) in [6.45, 7) is 5.13. The minimum atomic E-state index is -0.188. The third-order valence-electron chi connectivity index (χ3n) is 4.35. The molecule has 4 amide bonds. The summed E-state index contributed by atoms with van der Waals surface area (Å²) in [5.74, 6) is -0.414. The molecule has 0 aromatic heterocycles. The van der Waals surface area contributed by atoms with Crippen molar-refractivity contribution in [3.05, 3.63) is 0 Å². The van der Waals surface area contributed by atoms with Gasteiger partial charge in [-0.25, -0.2) is 0 Å². The van der Waals surface area contributed by atoms with E-state index >= 15 is 0 Å². The Hall–Kier alpha value is -1.92. The van der Waals surface area contributed by atoms with Crippen molar-refractivity contribution in [2.45, 2.75) is 52.0 Å². The molecule has 2 saturated heterocycles. The van der Waals surface area contributed by atoms with Crippen molar-refractivity contribution < 1.29 is 19.2 Å². The van der Waals surface area contributed by atoms with Crippen LogP contribution in [0, 0.1) is 5.92 Å². The molecular weight excluding hydrogens is 298 g/mol. The highest BCUT2D eigenvalue weighted by atomic mass is 16.2. The van der Waals surface area contributed by atoms with E-state index in [-0.39, 0.29) is 61.4 Å². The van der Waals surface area contributed by atoms with E-state index < -0.39 is 0 Å². The largest absolute Gasteiger partial charge is 0.354 e. The maximum atomic E-state index is 12.2. The summed E-state index contributed by atoms with van der Waals surface area (Å²) in [7, 11) is 0. The number of hydrogen-bond acceptors (Lipinski definition) is 4. The fraction of sp³-hybridized carbons (Fsp3) is 0.750. The topological polar surface area (TPSA) is 86.8 Å². The number of hydrogen-bond donors (Lipinski definition) is 1. The van der Waals surface area contributed by atoms with Gasteiger partial charge >= 0.3 is 0 Å². The van der Waals surface area contributed by atoms with Crippen molar-refractivity contribution in [2.24, 2.45) is 5.92 Å². The highest BCUT2D eigenvalue weighted by molar-refractivity contribution is 6.02. The highest BCUT2D eigenvalue weighted by Crippen LogP contribution is 2.19. The Balaban J connectivity index is 1.74. The van der Waals surface area contributed by atoms with Crippen LogP contribution in [0.3, 0.4) is 0 Å². The van der Waals surface area contributed by atoms with Gasteiger partial charge in [0.15, 0.2) is 0 Å². The number of rotatable bonds is 5. The molecule has 23 heavy (non-hydrogen) atoms. The molecule has 7 heteroatoms. The van der Waals surface area contributed by atoms with Crippen molar-refractivity contribution in [1.29, 1.82) is 0 Å². The predicted molar refractivity (Wildman–Crippen MR) is 83.2 cm³/mol. The number of nitrogens with one attached hydrogen (secondary N) is 1. The Morgan fingerprint density at radius 1 is 1.13 bits per heavy atom. The number of likely N-dealkylation sites (tertiary alicyclic amines) is 2. The van der Waals surface area contributed by atoms with Gasteiger partial charge in [-0.1, -0.05) is 0 Å². The lowest BCUT2D eigenvalue weighted by Gasteiger charge is -2.32. The molecule has 0 aromatic carbocycles. The second kappa shape index (κ2) is 7.57. The van der Waals surface area contributed by atoms with Crippen molar-refractivity contribution in [1.82, 2.24) is 15.1 Å². The van der Waals surface area contributed by atoms with Crippen LogP contribution in [0.5, 0.6) is 0 Å². The summed E-state index contributed by atoms with van der Waals surface area (Å²) >= 11 is 0. The Morgan fingerprint density at radius 3 is 2.22 bits per heavy atom. The molecule has 2 aliphatic heterocycles. The molecule has 0 saturated carbocycles. The molecule has 0 atom stereocenters. The molecule has 0 spiro atoms. The molecule has 0 unspecified atom stereocenters. The molecule has 0 radical (unpaired) electrons. The Labute approximate surface area is 136 Å². The number of amides is 4. The molecular formula is C16H25N3O4. The molecule has 1 N–H and O–H groups in total. The maximum Gasteiger partial charge on any atom is 0.229 e. The molecule has 2 heterocycles. The van der Waals surface area contributed by atoms with Gasteiger partial charge in [-0.15, -0.1) is 0 Å². The summed E-state index contributed by atoms with van der Waals surface area (Å²) < 4.78 is 0. The number of imide groups is 1. The Kier molecular flexibility index (Phi) is 5.74. The average molecular weight is 323 g/mol. The summed E-state index contributed by atoms with van der Waals surface area (Å²) in [6.07, 6.45) is 1.99. The van der Waals surface area contributed by atoms with Crippen LogP contribution in [0.25, 0.3) is 0 Å². The first-order chi connectivity index (χ1) is 10.9. The van der Waals surface area contributed by atoms with Crippen LogP contribution in [-0.2, 0) is 19.2 Å². The minimum absolute atomic E-state index is 0.0387. The fourth-order valence-electron chi connectivity index (χ4n) is 3.03. The minimum Gasteiger partial charge on any atom is -0.354 e. The molecule has 0 aromatic rings. The predicted octanol–water partition coefficient (Wildman–Crippen LogP) is 0.289. The van der Waals surface area contributed by atoms with Gasteiger partial charge in [0.2, 0.25) is 23.6 Å². The zero-order valence-electron chi connectivity index (χ0n) is 13.8. The van der Waals surface area contributed by atoms with E-state index in [9.17, 15) is 19.2 Å². The standard InChI is InChI=1S/C16H25N3O4/c1-11(2)17-16(23)12-5-8-18(9-6-12)13(20)7-10-19-14(21)3-4-15(19)22/h11-12H,3-10H2,1-2H3,(H,17,23). The van der Waals surface area contributed by atoms with Gasteiger partial charge in [0.25, 0.3) is 0 Å². The van der Waals surface area contributed by atoms with Gasteiger partial charge in [-0.2, -0.15) is 0 Å². The second-order valence-electron chi connectivity index (χ2n) is 6.51. The van der Waals surface area contributed by atoms with E-state index in [1.165, 1.54) is 4.90 Å². The van der Waals surface area contributed by atoms with Gasteiger partial charge in [-0.3, -0.25) is 24.1 Å².